The molecular weight excluding hydrogens is 340 g/mol. The third-order valence-corrected chi connectivity index (χ3v) is 4.52. The van der Waals surface area contributed by atoms with E-state index in [9.17, 15) is 5.11 Å². The molecule has 22 heavy (non-hydrogen) atoms. The molecule has 2 aromatic rings. The van der Waals surface area contributed by atoms with Gasteiger partial charge in [0, 0.05) is 10.7 Å². The first-order valence-electron chi connectivity index (χ1n) is 7.63. The van der Waals surface area contributed by atoms with Gasteiger partial charge in [-0.3, -0.25) is 0 Å². The summed E-state index contributed by atoms with van der Waals surface area (Å²) in [5.41, 5.74) is 2.30. The van der Waals surface area contributed by atoms with Crippen molar-refractivity contribution in [3.8, 4) is 11.5 Å². The molecule has 0 aliphatic carbocycles. The molecule has 0 aliphatic heterocycles. The van der Waals surface area contributed by atoms with Gasteiger partial charge in [-0.2, -0.15) is 0 Å². The second kappa shape index (κ2) is 7.68. The van der Waals surface area contributed by atoms with Gasteiger partial charge in [-0.05, 0) is 48.2 Å². The lowest BCUT2D eigenvalue weighted by Gasteiger charge is -2.26. The van der Waals surface area contributed by atoms with E-state index in [1.54, 1.807) is 12.1 Å². The van der Waals surface area contributed by atoms with Crippen molar-refractivity contribution in [2.45, 2.75) is 32.1 Å². The van der Waals surface area contributed by atoms with Crippen molar-refractivity contribution in [2.24, 2.45) is 0 Å². The third kappa shape index (κ3) is 4.26. The first kappa shape index (κ1) is 16.9. The molecule has 0 atom stereocenters. The number of phenols is 1. The minimum atomic E-state index is -0.109. The number of ether oxygens (including phenoxy) is 1. The summed E-state index contributed by atoms with van der Waals surface area (Å²) in [6.45, 7) is 5.13. The Morgan fingerprint density at radius 2 is 1.45 bits per heavy atom. The summed E-state index contributed by atoms with van der Waals surface area (Å²) < 4.78 is 5.74. The van der Waals surface area contributed by atoms with Gasteiger partial charge < -0.3 is 9.84 Å². The van der Waals surface area contributed by atoms with Crippen LogP contribution in [0.25, 0.3) is 0 Å². The fraction of sp³-hybridized carbons (Fsp3) is 0.368. The molecular formula is C19H23BrO2. The fourth-order valence-electron chi connectivity index (χ4n) is 2.40. The molecule has 0 heterocycles. The third-order valence-electron chi connectivity index (χ3n) is 3.96. The number of hydrogen-bond acceptors (Lipinski definition) is 2. The Bertz CT molecular complexity index is 573. The minimum Gasteiger partial charge on any atom is -0.508 e. The van der Waals surface area contributed by atoms with Crippen LogP contribution in [-0.2, 0) is 5.41 Å². The standard InChI is InChI=1S/C19H23BrO2/c1-19(2,15-5-9-17(21)10-6-15)16-7-11-18(12-8-16)22-14-4-3-13-20/h5-12,21H,3-4,13-14H2,1-2H3. The van der Waals surface area contributed by atoms with Crippen LogP contribution < -0.4 is 4.74 Å². The first-order chi connectivity index (χ1) is 10.5. The van der Waals surface area contributed by atoms with E-state index in [0.717, 1.165) is 30.5 Å². The van der Waals surface area contributed by atoms with Gasteiger partial charge in [0.1, 0.15) is 11.5 Å². The predicted molar refractivity (Wildman–Crippen MR) is 95.2 cm³/mol. The molecule has 0 saturated heterocycles. The summed E-state index contributed by atoms with van der Waals surface area (Å²) in [6.07, 6.45) is 2.19. The average Bonchev–Trinajstić information content (AvgIpc) is 2.52. The molecule has 0 aromatic heterocycles. The van der Waals surface area contributed by atoms with Crippen molar-refractivity contribution in [3.63, 3.8) is 0 Å². The molecule has 0 fully saturated rings. The number of unbranched alkanes of at least 4 members (excludes halogenated alkanes) is 1. The molecule has 0 spiro atoms. The fourth-order valence-corrected chi connectivity index (χ4v) is 2.80. The summed E-state index contributed by atoms with van der Waals surface area (Å²) in [4.78, 5) is 0. The maximum atomic E-state index is 9.43. The van der Waals surface area contributed by atoms with Gasteiger partial charge >= 0.3 is 0 Å². The van der Waals surface area contributed by atoms with Gasteiger partial charge in [0.2, 0.25) is 0 Å². The van der Waals surface area contributed by atoms with Crippen LogP contribution in [0.4, 0.5) is 0 Å². The number of benzene rings is 2. The van der Waals surface area contributed by atoms with Gasteiger partial charge in [0.15, 0.2) is 0 Å². The van der Waals surface area contributed by atoms with E-state index < -0.39 is 0 Å². The lowest BCUT2D eigenvalue weighted by Crippen LogP contribution is -2.18. The summed E-state index contributed by atoms with van der Waals surface area (Å²) in [6, 6.07) is 15.7. The van der Waals surface area contributed by atoms with Crippen molar-refractivity contribution < 1.29 is 9.84 Å². The lowest BCUT2D eigenvalue weighted by atomic mass is 9.78. The van der Waals surface area contributed by atoms with Gasteiger partial charge in [-0.25, -0.2) is 0 Å². The summed E-state index contributed by atoms with van der Waals surface area (Å²) in [7, 11) is 0. The Balaban J connectivity index is 2.06. The smallest absolute Gasteiger partial charge is 0.119 e. The van der Waals surface area contributed by atoms with E-state index in [2.05, 4.69) is 41.9 Å². The molecule has 118 valence electrons. The van der Waals surface area contributed by atoms with Gasteiger partial charge in [-0.15, -0.1) is 0 Å². The molecule has 1 N–H and O–H groups in total. The topological polar surface area (TPSA) is 29.5 Å². The highest BCUT2D eigenvalue weighted by atomic mass is 79.9. The molecule has 0 aliphatic rings. The van der Waals surface area contributed by atoms with Crippen molar-refractivity contribution in [1.29, 1.82) is 0 Å². The average molecular weight is 363 g/mol. The Hall–Kier alpha value is -1.48. The van der Waals surface area contributed by atoms with Crippen LogP contribution in [0.1, 0.15) is 37.8 Å². The second-order valence-electron chi connectivity index (χ2n) is 5.94. The van der Waals surface area contributed by atoms with Crippen LogP contribution in [-0.4, -0.2) is 17.0 Å². The summed E-state index contributed by atoms with van der Waals surface area (Å²) in [5.74, 6) is 1.21. The summed E-state index contributed by atoms with van der Waals surface area (Å²) >= 11 is 3.42. The zero-order valence-corrected chi connectivity index (χ0v) is 14.8. The largest absolute Gasteiger partial charge is 0.508 e. The number of hydrogen-bond donors (Lipinski definition) is 1. The molecule has 2 rings (SSSR count). The van der Waals surface area contributed by atoms with Crippen LogP contribution in [0.3, 0.4) is 0 Å². The zero-order chi connectivity index (χ0) is 16.0. The molecule has 0 bridgehead atoms. The van der Waals surface area contributed by atoms with Gasteiger partial charge in [-0.1, -0.05) is 54.0 Å². The lowest BCUT2D eigenvalue weighted by molar-refractivity contribution is 0.310. The molecule has 0 radical (unpaired) electrons. The normalized spacial score (nSPS) is 11.4. The Morgan fingerprint density at radius 1 is 0.909 bits per heavy atom. The van der Waals surface area contributed by atoms with E-state index in [1.807, 2.05) is 24.3 Å². The van der Waals surface area contributed by atoms with E-state index >= 15 is 0 Å². The maximum absolute atomic E-state index is 9.43. The van der Waals surface area contributed by atoms with Crippen LogP contribution in [0.5, 0.6) is 11.5 Å². The quantitative estimate of drug-likeness (QED) is 0.536. The second-order valence-corrected chi connectivity index (χ2v) is 6.73. The molecule has 3 heteroatoms. The van der Waals surface area contributed by atoms with Crippen LogP contribution >= 0.6 is 15.9 Å². The van der Waals surface area contributed by atoms with Crippen LogP contribution in [0.15, 0.2) is 48.5 Å². The minimum absolute atomic E-state index is 0.109. The Kier molecular flexibility index (Phi) is 5.90. The number of alkyl halides is 1. The molecule has 0 saturated carbocycles. The van der Waals surface area contributed by atoms with Crippen LogP contribution in [0, 0.1) is 0 Å². The van der Waals surface area contributed by atoms with Gasteiger partial charge in [0.05, 0.1) is 6.61 Å². The first-order valence-corrected chi connectivity index (χ1v) is 8.75. The molecule has 0 unspecified atom stereocenters. The highest BCUT2D eigenvalue weighted by molar-refractivity contribution is 9.09. The van der Waals surface area contributed by atoms with E-state index in [1.165, 1.54) is 11.1 Å². The molecule has 0 amide bonds. The van der Waals surface area contributed by atoms with E-state index in [0.29, 0.717) is 5.75 Å². The highest BCUT2D eigenvalue weighted by Gasteiger charge is 2.22. The number of aromatic hydroxyl groups is 1. The Morgan fingerprint density at radius 3 is 2.00 bits per heavy atom. The van der Waals surface area contributed by atoms with Crippen molar-refractivity contribution in [2.75, 3.05) is 11.9 Å². The van der Waals surface area contributed by atoms with Crippen molar-refractivity contribution >= 4 is 15.9 Å². The van der Waals surface area contributed by atoms with E-state index in [-0.39, 0.29) is 5.41 Å². The number of rotatable bonds is 7. The highest BCUT2D eigenvalue weighted by Crippen LogP contribution is 2.33. The summed E-state index contributed by atoms with van der Waals surface area (Å²) in [5, 5.41) is 10.5. The van der Waals surface area contributed by atoms with Gasteiger partial charge in [0.25, 0.3) is 0 Å². The predicted octanol–water partition coefficient (Wildman–Crippen LogP) is 5.27. The zero-order valence-electron chi connectivity index (χ0n) is 13.2. The Labute approximate surface area is 141 Å². The number of phenolic OH excluding ortho intramolecular Hbond substituents is 1. The molecule has 2 nitrogen and oxygen atoms in total. The van der Waals surface area contributed by atoms with Crippen molar-refractivity contribution in [1.82, 2.24) is 0 Å². The maximum Gasteiger partial charge on any atom is 0.119 e. The molecule has 2 aromatic carbocycles. The van der Waals surface area contributed by atoms with E-state index in [4.69, 9.17) is 4.74 Å². The number of halogens is 1. The monoisotopic (exact) mass is 362 g/mol. The van der Waals surface area contributed by atoms with Crippen LogP contribution in [0.2, 0.25) is 0 Å². The SMILES string of the molecule is CC(C)(c1ccc(O)cc1)c1ccc(OCCCCBr)cc1. The van der Waals surface area contributed by atoms with Crippen molar-refractivity contribution in [3.05, 3.63) is 59.7 Å².